The lowest BCUT2D eigenvalue weighted by atomic mass is 10.3. The fourth-order valence-electron chi connectivity index (χ4n) is 1.48. The third kappa shape index (κ3) is 2.35. The number of rotatable bonds is 3. The molecule has 0 aliphatic carbocycles. The first-order chi connectivity index (χ1) is 9.25. The highest BCUT2D eigenvalue weighted by Gasteiger charge is 2.33. The van der Waals surface area contributed by atoms with Crippen LogP contribution in [0, 0.1) is 0 Å². The summed E-state index contributed by atoms with van der Waals surface area (Å²) in [5, 5.41) is 18.2. The molecule has 0 saturated heterocycles. The van der Waals surface area contributed by atoms with E-state index >= 15 is 0 Å². The lowest BCUT2D eigenvalue weighted by Crippen LogP contribution is -2.15. The van der Waals surface area contributed by atoms with Crippen LogP contribution >= 0.6 is 0 Å². The Kier molecular flexibility index (Phi) is 3.45. The Bertz CT molecular complexity index is 745. The number of benzene rings is 2. The molecule has 8 heteroatoms. The first-order valence-corrected chi connectivity index (χ1v) is 8.81. The minimum atomic E-state index is -4.64. The van der Waals surface area contributed by atoms with E-state index in [9.17, 15) is 16.8 Å². The van der Waals surface area contributed by atoms with E-state index in [1.165, 1.54) is 0 Å². The Morgan fingerprint density at radius 2 is 0.800 bits per heavy atom. The van der Waals surface area contributed by atoms with Crippen molar-refractivity contribution in [2.75, 3.05) is 0 Å². The molecule has 0 unspecified atom stereocenters. The SMILES string of the molecule is O=S(=O)(c1ccc(O)cc1)S(=O)(=O)c1ccc(O)cc1. The summed E-state index contributed by atoms with van der Waals surface area (Å²) in [5.41, 5.74) is 0. The van der Waals surface area contributed by atoms with E-state index in [2.05, 4.69) is 0 Å². The normalized spacial score (nSPS) is 12.2. The van der Waals surface area contributed by atoms with Gasteiger partial charge in [-0.1, -0.05) is 0 Å². The van der Waals surface area contributed by atoms with E-state index < -0.39 is 27.5 Å². The maximum absolute atomic E-state index is 12.1. The fraction of sp³-hybridized carbons (Fsp3) is 0. The minimum absolute atomic E-state index is 0.175. The minimum Gasteiger partial charge on any atom is -0.508 e. The molecule has 0 radical (unpaired) electrons. The van der Waals surface area contributed by atoms with E-state index in [4.69, 9.17) is 10.2 Å². The zero-order valence-electron chi connectivity index (χ0n) is 9.96. The van der Waals surface area contributed by atoms with Gasteiger partial charge in [0.05, 0.1) is 9.79 Å². The van der Waals surface area contributed by atoms with Gasteiger partial charge in [0.15, 0.2) is 0 Å². The maximum Gasteiger partial charge on any atom is 0.286 e. The van der Waals surface area contributed by atoms with Gasteiger partial charge in [-0.3, -0.25) is 0 Å². The third-order valence-corrected chi connectivity index (χ3v) is 7.70. The zero-order valence-corrected chi connectivity index (χ0v) is 11.6. The van der Waals surface area contributed by atoms with Crippen molar-refractivity contribution in [2.45, 2.75) is 9.79 Å². The summed E-state index contributed by atoms with van der Waals surface area (Å²) in [6.45, 7) is 0. The largest absolute Gasteiger partial charge is 0.508 e. The molecule has 0 heterocycles. The summed E-state index contributed by atoms with van der Waals surface area (Å²) in [4.78, 5) is -0.883. The Morgan fingerprint density at radius 3 is 1.05 bits per heavy atom. The second-order valence-corrected chi connectivity index (χ2v) is 9.29. The standard InChI is InChI=1S/C12H10O6S2/c13-9-1-5-11(6-2-9)19(15,16)20(17,18)12-7-3-10(14)4-8-12/h1-8,13-14H. The van der Waals surface area contributed by atoms with Crippen molar-refractivity contribution in [1.29, 1.82) is 0 Å². The van der Waals surface area contributed by atoms with Gasteiger partial charge in [-0.25, -0.2) is 16.8 Å². The summed E-state index contributed by atoms with van der Waals surface area (Å²) >= 11 is 0. The van der Waals surface area contributed by atoms with Crippen LogP contribution in [-0.2, 0) is 17.7 Å². The molecule has 2 N–H and O–H groups in total. The molecule has 106 valence electrons. The van der Waals surface area contributed by atoms with E-state index in [1.54, 1.807) is 0 Å². The lowest BCUT2D eigenvalue weighted by Gasteiger charge is -2.06. The Morgan fingerprint density at radius 1 is 0.550 bits per heavy atom. The quantitative estimate of drug-likeness (QED) is 0.826. The van der Waals surface area contributed by atoms with Crippen LogP contribution in [0.5, 0.6) is 11.5 Å². The van der Waals surface area contributed by atoms with Gasteiger partial charge in [0.1, 0.15) is 11.5 Å². The van der Waals surface area contributed by atoms with Crippen molar-refractivity contribution in [1.82, 2.24) is 0 Å². The summed E-state index contributed by atoms with van der Waals surface area (Å²) < 4.78 is 48.5. The number of aromatic hydroxyl groups is 2. The maximum atomic E-state index is 12.1. The van der Waals surface area contributed by atoms with Crippen LogP contribution in [0.15, 0.2) is 58.3 Å². The molecule has 0 aliphatic heterocycles. The molecule has 2 aromatic carbocycles. The van der Waals surface area contributed by atoms with Crippen LogP contribution in [0.1, 0.15) is 0 Å². The molecule has 0 spiro atoms. The summed E-state index contributed by atoms with van der Waals surface area (Å²) in [5.74, 6) is -0.350. The van der Waals surface area contributed by atoms with Crippen molar-refractivity contribution in [3.05, 3.63) is 48.5 Å². The van der Waals surface area contributed by atoms with Crippen molar-refractivity contribution >= 4 is 17.7 Å². The van der Waals surface area contributed by atoms with Gasteiger partial charge in [0.25, 0.3) is 17.7 Å². The van der Waals surface area contributed by atoms with Crippen molar-refractivity contribution in [3.63, 3.8) is 0 Å². The molecule has 0 aliphatic rings. The third-order valence-electron chi connectivity index (χ3n) is 2.54. The van der Waals surface area contributed by atoms with Crippen LogP contribution in [-0.4, -0.2) is 27.0 Å². The topological polar surface area (TPSA) is 109 Å². The monoisotopic (exact) mass is 314 g/mol. The predicted molar refractivity (Wildman–Crippen MR) is 70.6 cm³/mol. The molecule has 6 nitrogen and oxygen atoms in total. The lowest BCUT2D eigenvalue weighted by molar-refractivity contribution is 0.474. The number of hydrogen-bond donors (Lipinski definition) is 2. The fourth-order valence-corrected chi connectivity index (χ4v) is 5.11. The molecule has 0 amide bonds. The molecule has 0 saturated carbocycles. The summed E-state index contributed by atoms with van der Waals surface area (Å²) in [6, 6.07) is 8.34. The number of phenols is 2. The van der Waals surface area contributed by atoms with E-state index in [0.29, 0.717) is 0 Å². The average molecular weight is 314 g/mol. The molecule has 0 bridgehead atoms. The van der Waals surface area contributed by atoms with Crippen LogP contribution in [0.3, 0.4) is 0 Å². The molecule has 0 atom stereocenters. The van der Waals surface area contributed by atoms with Gasteiger partial charge >= 0.3 is 0 Å². The predicted octanol–water partition coefficient (Wildman–Crippen LogP) is 1.26. The van der Waals surface area contributed by atoms with Crippen LogP contribution < -0.4 is 0 Å². The second kappa shape index (κ2) is 4.80. The highest BCUT2D eigenvalue weighted by Crippen LogP contribution is 2.26. The van der Waals surface area contributed by atoms with Gasteiger partial charge in [0, 0.05) is 0 Å². The van der Waals surface area contributed by atoms with Crippen molar-refractivity contribution < 1.29 is 27.0 Å². The Balaban J connectivity index is 2.58. The molecular formula is C12H10O6S2. The van der Waals surface area contributed by atoms with Gasteiger partial charge in [-0.05, 0) is 48.5 Å². The van der Waals surface area contributed by atoms with E-state index in [0.717, 1.165) is 48.5 Å². The van der Waals surface area contributed by atoms with Crippen molar-refractivity contribution in [3.8, 4) is 11.5 Å². The zero-order chi connectivity index (χ0) is 15.0. The van der Waals surface area contributed by atoms with Gasteiger partial charge in [-0.15, -0.1) is 0 Å². The smallest absolute Gasteiger partial charge is 0.286 e. The molecule has 20 heavy (non-hydrogen) atoms. The van der Waals surface area contributed by atoms with Gasteiger partial charge < -0.3 is 10.2 Å². The van der Waals surface area contributed by atoms with Crippen LogP contribution in [0.2, 0.25) is 0 Å². The van der Waals surface area contributed by atoms with Gasteiger partial charge in [-0.2, -0.15) is 0 Å². The molecule has 2 rings (SSSR count). The molecule has 0 aromatic heterocycles. The van der Waals surface area contributed by atoms with Crippen LogP contribution in [0.25, 0.3) is 0 Å². The first-order valence-electron chi connectivity index (χ1n) is 5.33. The molecule has 2 aromatic rings. The number of hydrogen-bond acceptors (Lipinski definition) is 6. The highest BCUT2D eigenvalue weighted by molar-refractivity contribution is 8.67. The van der Waals surface area contributed by atoms with Crippen molar-refractivity contribution in [2.24, 2.45) is 0 Å². The highest BCUT2D eigenvalue weighted by atomic mass is 33.2. The second-order valence-electron chi connectivity index (χ2n) is 3.90. The molecule has 0 fully saturated rings. The van der Waals surface area contributed by atoms with E-state index in [1.807, 2.05) is 0 Å². The first kappa shape index (κ1) is 14.4. The van der Waals surface area contributed by atoms with Gasteiger partial charge in [0.2, 0.25) is 0 Å². The average Bonchev–Trinajstić information content (AvgIpc) is 2.39. The Labute approximate surface area is 115 Å². The number of phenolic OH excluding ortho intramolecular Hbond substituents is 2. The summed E-state index contributed by atoms with van der Waals surface area (Å²) in [6.07, 6.45) is 0. The summed E-state index contributed by atoms with van der Waals surface area (Å²) in [7, 11) is -9.28. The van der Waals surface area contributed by atoms with E-state index in [-0.39, 0.29) is 11.5 Å². The molecular weight excluding hydrogens is 304 g/mol. The van der Waals surface area contributed by atoms with Crippen LogP contribution in [0.4, 0.5) is 0 Å². The Hall–Kier alpha value is -2.06.